The smallest absolute Gasteiger partial charge is 0.280 e. The molecule has 1 atom stereocenters. The maximum absolute atomic E-state index is 13.0. The Morgan fingerprint density at radius 3 is 2.70 bits per heavy atom. The summed E-state index contributed by atoms with van der Waals surface area (Å²) in [6.45, 7) is 6.24. The van der Waals surface area contributed by atoms with E-state index in [-0.39, 0.29) is 5.69 Å². The average Bonchev–Trinajstić information content (AvgIpc) is 3.25. The van der Waals surface area contributed by atoms with Crippen molar-refractivity contribution in [3.05, 3.63) is 60.2 Å². The number of aromatic nitrogens is 5. The van der Waals surface area contributed by atoms with Crippen molar-refractivity contribution >= 4 is 22.8 Å². The van der Waals surface area contributed by atoms with Gasteiger partial charge in [-0.15, -0.1) is 0 Å². The zero-order valence-corrected chi connectivity index (χ0v) is 18.1. The maximum atomic E-state index is 13.0. The van der Waals surface area contributed by atoms with E-state index >= 15 is 0 Å². The first-order valence-electron chi connectivity index (χ1n) is 10.8. The number of fused-ring (bicyclic) bond motifs is 1. The number of rotatable bonds is 6. The number of nitrogens with zero attached hydrogens (tertiary/aromatic N) is 5. The van der Waals surface area contributed by atoms with E-state index in [1.807, 2.05) is 24.3 Å². The summed E-state index contributed by atoms with van der Waals surface area (Å²) in [6, 6.07) is 11.1. The van der Waals surface area contributed by atoms with E-state index in [4.69, 9.17) is 0 Å². The summed E-state index contributed by atoms with van der Waals surface area (Å²) in [6.07, 6.45) is 0.310. The van der Waals surface area contributed by atoms with Crippen molar-refractivity contribution < 1.29 is 8.78 Å². The SMILES string of the molecule is CC(c1ccnc(Nc2nc3ccc(-c4cc(C(F)F)ncn4)cc3[nH]2)c1)N1CCNCC1. The number of piperazine rings is 1. The number of anilines is 2. The normalized spacial score (nSPS) is 15.8. The zero-order chi connectivity index (χ0) is 22.8. The number of alkyl halides is 2. The van der Waals surface area contributed by atoms with Gasteiger partial charge in [0.25, 0.3) is 6.43 Å². The third-order valence-electron chi connectivity index (χ3n) is 5.90. The van der Waals surface area contributed by atoms with Crippen molar-refractivity contribution in [2.45, 2.75) is 19.4 Å². The molecule has 10 heteroatoms. The summed E-state index contributed by atoms with van der Waals surface area (Å²) in [7, 11) is 0. The molecule has 4 aromatic rings. The van der Waals surface area contributed by atoms with Crippen LogP contribution in [0.15, 0.2) is 48.9 Å². The van der Waals surface area contributed by atoms with E-state index in [9.17, 15) is 8.78 Å². The van der Waals surface area contributed by atoms with Gasteiger partial charge in [-0.1, -0.05) is 6.07 Å². The minimum Gasteiger partial charge on any atom is -0.324 e. The molecule has 3 aromatic heterocycles. The molecule has 0 amide bonds. The van der Waals surface area contributed by atoms with E-state index in [2.05, 4.69) is 47.4 Å². The van der Waals surface area contributed by atoms with Gasteiger partial charge in [-0.3, -0.25) is 4.90 Å². The van der Waals surface area contributed by atoms with Crippen LogP contribution in [-0.2, 0) is 0 Å². The van der Waals surface area contributed by atoms with Crippen LogP contribution in [0.3, 0.4) is 0 Å². The lowest BCUT2D eigenvalue weighted by molar-refractivity contribution is 0.146. The van der Waals surface area contributed by atoms with Crippen LogP contribution < -0.4 is 10.6 Å². The zero-order valence-electron chi connectivity index (χ0n) is 18.1. The molecule has 1 aliphatic heterocycles. The maximum Gasteiger partial charge on any atom is 0.280 e. The van der Waals surface area contributed by atoms with E-state index < -0.39 is 6.43 Å². The molecule has 1 unspecified atom stereocenters. The van der Waals surface area contributed by atoms with Gasteiger partial charge in [0.05, 0.1) is 16.7 Å². The molecule has 33 heavy (non-hydrogen) atoms. The topological polar surface area (TPSA) is 94.6 Å². The van der Waals surface area contributed by atoms with Gasteiger partial charge in [0, 0.05) is 44.0 Å². The quantitative estimate of drug-likeness (QED) is 0.408. The van der Waals surface area contributed by atoms with Gasteiger partial charge in [0.2, 0.25) is 5.95 Å². The Morgan fingerprint density at radius 1 is 1.03 bits per heavy atom. The lowest BCUT2D eigenvalue weighted by Crippen LogP contribution is -2.44. The number of pyridine rings is 1. The van der Waals surface area contributed by atoms with Gasteiger partial charge in [-0.05, 0) is 42.8 Å². The molecule has 8 nitrogen and oxygen atoms in total. The number of H-pyrrole nitrogens is 1. The van der Waals surface area contributed by atoms with Crippen molar-refractivity contribution in [1.82, 2.24) is 35.1 Å². The summed E-state index contributed by atoms with van der Waals surface area (Å²) in [5.74, 6) is 1.25. The number of aromatic amines is 1. The van der Waals surface area contributed by atoms with E-state index in [1.54, 1.807) is 12.3 Å². The Morgan fingerprint density at radius 2 is 1.88 bits per heavy atom. The Kier molecular flexibility index (Phi) is 5.93. The molecular formula is C23H24F2N8. The van der Waals surface area contributed by atoms with E-state index in [0.29, 0.717) is 29.1 Å². The summed E-state index contributed by atoms with van der Waals surface area (Å²) in [4.78, 5) is 22.4. The summed E-state index contributed by atoms with van der Waals surface area (Å²) in [5.41, 5.74) is 3.53. The second-order valence-electron chi connectivity index (χ2n) is 8.01. The van der Waals surface area contributed by atoms with E-state index in [0.717, 1.165) is 43.5 Å². The Labute approximate surface area is 189 Å². The Bertz CT molecular complexity index is 1250. The minimum absolute atomic E-state index is 0.292. The second kappa shape index (κ2) is 9.16. The van der Waals surface area contributed by atoms with Gasteiger partial charge >= 0.3 is 0 Å². The highest BCUT2D eigenvalue weighted by atomic mass is 19.3. The lowest BCUT2D eigenvalue weighted by atomic mass is 10.1. The first-order valence-corrected chi connectivity index (χ1v) is 10.8. The van der Waals surface area contributed by atoms with Crippen LogP contribution in [-0.4, -0.2) is 56.0 Å². The first kappa shape index (κ1) is 21.4. The van der Waals surface area contributed by atoms with Crippen molar-refractivity contribution in [2.75, 3.05) is 31.5 Å². The highest BCUT2D eigenvalue weighted by Crippen LogP contribution is 2.27. The second-order valence-corrected chi connectivity index (χ2v) is 8.01. The molecule has 1 fully saturated rings. The highest BCUT2D eigenvalue weighted by molar-refractivity contribution is 5.83. The van der Waals surface area contributed by atoms with Crippen LogP contribution in [0.1, 0.15) is 30.6 Å². The fourth-order valence-electron chi connectivity index (χ4n) is 4.05. The molecule has 0 saturated carbocycles. The number of benzene rings is 1. The van der Waals surface area contributed by atoms with Gasteiger partial charge in [0.1, 0.15) is 17.8 Å². The molecule has 0 spiro atoms. The monoisotopic (exact) mass is 450 g/mol. The van der Waals surface area contributed by atoms with Crippen molar-refractivity contribution in [1.29, 1.82) is 0 Å². The van der Waals surface area contributed by atoms with Crippen molar-refractivity contribution in [2.24, 2.45) is 0 Å². The first-order chi connectivity index (χ1) is 16.1. The fourth-order valence-corrected chi connectivity index (χ4v) is 4.05. The lowest BCUT2D eigenvalue weighted by Gasteiger charge is -2.33. The van der Waals surface area contributed by atoms with Gasteiger partial charge in [-0.2, -0.15) is 0 Å². The molecule has 1 saturated heterocycles. The number of halogens is 2. The van der Waals surface area contributed by atoms with Crippen LogP contribution in [0.2, 0.25) is 0 Å². The standard InChI is InChI=1S/C23H24F2N8/c1-14(33-8-6-26-7-9-33)15-4-5-27-21(11-15)32-23-30-17-3-2-16(10-19(17)31-23)18-12-20(22(24)25)29-13-28-18/h2-5,10-14,22,26H,6-9H2,1H3,(H2,27,30,31,32). The minimum atomic E-state index is -2.64. The van der Waals surface area contributed by atoms with Crippen molar-refractivity contribution in [3.63, 3.8) is 0 Å². The van der Waals surface area contributed by atoms with E-state index in [1.165, 1.54) is 11.6 Å². The van der Waals surface area contributed by atoms with Crippen LogP contribution in [0.5, 0.6) is 0 Å². The molecule has 5 rings (SSSR count). The summed E-state index contributed by atoms with van der Waals surface area (Å²) in [5, 5.41) is 6.62. The van der Waals surface area contributed by atoms with Crippen LogP contribution >= 0.6 is 0 Å². The fraction of sp³-hybridized carbons (Fsp3) is 0.304. The number of nitrogens with one attached hydrogen (secondary N) is 3. The third-order valence-corrected chi connectivity index (χ3v) is 5.90. The van der Waals surface area contributed by atoms with Crippen LogP contribution in [0, 0.1) is 0 Å². The van der Waals surface area contributed by atoms with Gasteiger partial charge in [0.15, 0.2) is 0 Å². The number of hydrogen-bond acceptors (Lipinski definition) is 7. The molecular weight excluding hydrogens is 426 g/mol. The Hall–Kier alpha value is -3.50. The molecule has 0 bridgehead atoms. The molecule has 3 N–H and O–H groups in total. The summed E-state index contributed by atoms with van der Waals surface area (Å²) < 4.78 is 26.0. The van der Waals surface area contributed by atoms with Gasteiger partial charge in [-0.25, -0.2) is 28.7 Å². The number of imidazole rings is 1. The molecule has 170 valence electrons. The molecule has 4 heterocycles. The van der Waals surface area contributed by atoms with Crippen LogP contribution in [0.25, 0.3) is 22.3 Å². The predicted octanol–water partition coefficient (Wildman–Crippen LogP) is 4.06. The number of hydrogen-bond donors (Lipinski definition) is 3. The predicted molar refractivity (Wildman–Crippen MR) is 122 cm³/mol. The molecule has 0 aliphatic carbocycles. The summed E-state index contributed by atoms with van der Waals surface area (Å²) >= 11 is 0. The van der Waals surface area contributed by atoms with Gasteiger partial charge < -0.3 is 15.6 Å². The Balaban J connectivity index is 1.36. The highest BCUT2D eigenvalue weighted by Gasteiger charge is 2.18. The molecule has 1 aliphatic rings. The van der Waals surface area contributed by atoms with Crippen molar-refractivity contribution in [3.8, 4) is 11.3 Å². The van der Waals surface area contributed by atoms with Crippen LogP contribution in [0.4, 0.5) is 20.5 Å². The third kappa shape index (κ3) is 4.67. The average molecular weight is 450 g/mol. The molecule has 0 radical (unpaired) electrons. The largest absolute Gasteiger partial charge is 0.324 e. The molecule has 1 aromatic carbocycles.